The third-order valence-electron chi connectivity index (χ3n) is 5.84. The first kappa shape index (κ1) is 18.9. The molecule has 0 aliphatic carbocycles. The highest BCUT2D eigenvalue weighted by atomic mass is 16.5. The Bertz CT molecular complexity index is 812. The first-order chi connectivity index (χ1) is 13.7. The molecule has 0 aromatic carbocycles. The molecule has 4 heterocycles. The van der Waals surface area contributed by atoms with Gasteiger partial charge < -0.3 is 18.9 Å². The Kier molecular flexibility index (Phi) is 5.62. The fraction of sp³-hybridized carbons (Fsp3) is 0.571. The molecule has 7 heteroatoms. The number of aromatic nitrogens is 3. The number of ether oxygens (including phenoxy) is 2. The van der Waals surface area contributed by atoms with Crippen LogP contribution in [-0.4, -0.2) is 58.8 Å². The molecule has 1 atom stereocenters. The lowest BCUT2D eigenvalue weighted by Gasteiger charge is -2.36. The van der Waals surface area contributed by atoms with Crippen molar-refractivity contribution in [3.05, 3.63) is 41.6 Å². The minimum atomic E-state index is 0.0326. The SMILES string of the molecule is COc1ccc(C(=O)N2CCCC(n3c(C)cnc3C3CCOCC3)C2)cn1. The van der Waals surface area contributed by atoms with Crippen molar-refractivity contribution in [1.29, 1.82) is 0 Å². The number of carbonyl (C=O) groups is 1. The van der Waals surface area contributed by atoms with E-state index in [9.17, 15) is 4.79 Å². The summed E-state index contributed by atoms with van der Waals surface area (Å²) < 4.78 is 13.0. The van der Waals surface area contributed by atoms with Crippen LogP contribution in [0.25, 0.3) is 0 Å². The van der Waals surface area contributed by atoms with Crippen LogP contribution in [-0.2, 0) is 4.74 Å². The normalized spacial score (nSPS) is 20.9. The first-order valence-corrected chi connectivity index (χ1v) is 10.1. The van der Waals surface area contributed by atoms with Crippen molar-refractivity contribution in [2.75, 3.05) is 33.4 Å². The molecule has 2 aromatic heterocycles. The molecular formula is C21H28N4O3. The number of likely N-dealkylation sites (tertiary alicyclic amines) is 1. The molecule has 4 rings (SSSR count). The van der Waals surface area contributed by atoms with E-state index in [-0.39, 0.29) is 11.9 Å². The van der Waals surface area contributed by atoms with Crippen LogP contribution in [0.1, 0.15) is 59.5 Å². The molecular weight excluding hydrogens is 356 g/mol. The number of aryl methyl sites for hydroxylation is 1. The number of hydrogen-bond acceptors (Lipinski definition) is 5. The molecule has 2 aliphatic rings. The lowest BCUT2D eigenvalue weighted by molar-refractivity contribution is 0.0666. The predicted octanol–water partition coefficient (Wildman–Crippen LogP) is 2.97. The average molecular weight is 384 g/mol. The maximum Gasteiger partial charge on any atom is 0.255 e. The largest absolute Gasteiger partial charge is 0.481 e. The summed E-state index contributed by atoms with van der Waals surface area (Å²) in [6.07, 6.45) is 7.66. The Morgan fingerprint density at radius 3 is 2.71 bits per heavy atom. The first-order valence-electron chi connectivity index (χ1n) is 10.1. The van der Waals surface area contributed by atoms with E-state index in [0.717, 1.165) is 51.3 Å². The van der Waals surface area contributed by atoms with Crippen molar-refractivity contribution in [2.45, 2.75) is 44.6 Å². The number of methoxy groups -OCH3 is 1. The minimum absolute atomic E-state index is 0.0326. The molecule has 2 aromatic rings. The minimum Gasteiger partial charge on any atom is -0.481 e. The lowest BCUT2D eigenvalue weighted by atomic mass is 9.97. The quantitative estimate of drug-likeness (QED) is 0.811. The Balaban J connectivity index is 1.52. The molecule has 0 bridgehead atoms. The fourth-order valence-corrected chi connectivity index (χ4v) is 4.36. The molecule has 7 nitrogen and oxygen atoms in total. The van der Waals surface area contributed by atoms with Gasteiger partial charge >= 0.3 is 0 Å². The molecule has 0 radical (unpaired) electrons. The Hall–Kier alpha value is -2.41. The van der Waals surface area contributed by atoms with Gasteiger partial charge in [0.05, 0.1) is 18.7 Å². The number of amides is 1. The van der Waals surface area contributed by atoms with Crippen LogP contribution in [0.2, 0.25) is 0 Å². The zero-order chi connectivity index (χ0) is 19.5. The Morgan fingerprint density at radius 1 is 1.18 bits per heavy atom. The monoisotopic (exact) mass is 384 g/mol. The van der Waals surface area contributed by atoms with E-state index in [1.807, 2.05) is 11.1 Å². The van der Waals surface area contributed by atoms with Crippen molar-refractivity contribution >= 4 is 5.91 Å². The number of pyridine rings is 1. The van der Waals surface area contributed by atoms with Crippen molar-refractivity contribution in [2.24, 2.45) is 0 Å². The van der Waals surface area contributed by atoms with E-state index in [2.05, 4.69) is 16.5 Å². The van der Waals surface area contributed by atoms with Crippen molar-refractivity contribution < 1.29 is 14.3 Å². The van der Waals surface area contributed by atoms with E-state index in [0.29, 0.717) is 23.9 Å². The topological polar surface area (TPSA) is 69.5 Å². The summed E-state index contributed by atoms with van der Waals surface area (Å²) >= 11 is 0. The van der Waals surface area contributed by atoms with Crippen molar-refractivity contribution in [3.63, 3.8) is 0 Å². The summed E-state index contributed by atoms with van der Waals surface area (Å²) in [5, 5.41) is 0. The zero-order valence-corrected chi connectivity index (χ0v) is 16.6. The second-order valence-electron chi connectivity index (χ2n) is 7.65. The van der Waals surface area contributed by atoms with E-state index in [1.165, 1.54) is 5.69 Å². The number of hydrogen-bond donors (Lipinski definition) is 0. The van der Waals surface area contributed by atoms with Gasteiger partial charge in [-0.3, -0.25) is 4.79 Å². The van der Waals surface area contributed by atoms with Gasteiger partial charge in [0.25, 0.3) is 5.91 Å². The van der Waals surface area contributed by atoms with E-state index in [4.69, 9.17) is 14.5 Å². The summed E-state index contributed by atoms with van der Waals surface area (Å²) in [5.41, 5.74) is 1.78. The van der Waals surface area contributed by atoms with Gasteiger partial charge in [0.2, 0.25) is 5.88 Å². The number of imidazole rings is 1. The molecule has 28 heavy (non-hydrogen) atoms. The predicted molar refractivity (Wildman–Crippen MR) is 105 cm³/mol. The smallest absolute Gasteiger partial charge is 0.255 e. The van der Waals surface area contributed by atoms with Gasteiger partial charge in [-0.2, -0.15) is 0 Å². The standard InChI is InChI=1S/C21H28N4O3/c1-15-12-23-20(16-7-10-28-11-8-16)25(15)18-4-3-9-24(14-18)21(26)17-5-6-19(27-2)22-13-17/h5-6,12-13,16,18H,3-4,7-11,14H2,1-2H3. The number of piperidine rings is 1. The summed E-state index contributed by atoms with van der Waals surface area (Å²) in [6, 6.07) is 3.79. The molecule has 1 unspecified atom stereocenters. The van der Waals surface area contributed by atoms with Crippen LogP contribution in [0.4, 0.5) is 0 Å². The summed E-state index contributed by atoms with van der Waals surface area (Å²) in [4.78, 5) is 23.9. The summed E-state index contributed by atoms with van der Waals surface area (Å²) in [7, 11) is 1.57. The Morgan fingerprint density at radius 2 is 2.00 bits per heavy atom. The van der Waals surface area contributed by atoms with Gasteiger partial charge in [0.15, 0.2) is 0 Å². The average Bonchev–Trinajstić information content (AvgIpc) is 3.15. The third kappa shape index (κ3) is 3.76. The lowest BCUT2D eigenvalue weighted by Crippen LogP contribution is -2.41. The maximum atomic E-state index is 13.0. The molecule has 0 spiro atoms. The van der Waals surface area contributed by atoms with Gasteiger partial charge in [-0.1, -0.05) is 0 Å². The van der Waals surface area contributed by atoms with Crippen LogP contribution >= 0.6 is 0 Å². The van der Waals surface area contributed by atoms with Gasteiger partial charge in [-0.15, -0.1) is 0 Å². The van der Waals surface area contributed by atoms with Gasteiger partial charge in [0, 0.05) is 56.4 Å². The molecule has 2 saturated heterocycles. The van der Waals surface area contributed by atoms with E-state index in [1.54, 1.807) is 25.4 Å². The second kappa shape index (κ2) is 8.31. The molecule has 1 amide bonds. The van der Waals surface area contributed by atoms with Gasteiger partial charge in [-0.25, -0.2) is 9.97 Å². The third-order valence-corrected chi connectivity index (χ3v) is 5.84. The molecule has 2 aliphatic heterocycles. The molecule has 2 fully saturated rings. The van der Waals surface area contributed by atoms with Crippen molar-refractivity contribution in [1.82, 2.24) is 19.4 Å². The van der Waals surface area contributed by atoms with Crippen LogP contribution in [0.5, 0.6) is 5.88 Å². The van der Waals surface area contributed by atoms with Crippen LogP contribution in [0.3, 0.4) is 0 Å². The zero-order valence-electron chi connectivity index (χ0n) is 16.6. The van der Waals surface area contributed by atoms with Crippen LogP contribution < -0.4 is 4.74 Å². The molecule has 150 valence electrons. The summed E-state index contributed by atoms with van der Waals surface area (Å²) in [6.45, 7) is 5.20. The highest BCUT2D eigenvalue weighted by Gasteiger charge is 2.30. The molecule has 0 saturated carbocycles. The fourth-order valence-electron chi connectivity index (χ4n) is 4.36. The number of nitrogens with zero attached hydrogens (tertiary/aromatic N) is 4. The molecule has 0 N–H and O–H groups in total. The van der Waals surface area contributed by atoms with Gasteiger partial charge in [0.1, 0.15) is 5.82 Å². The second-order valence-corrected chi connectivity index (χ2v) is 7.65. The highest BCUT2D eigenvalue weighted by Crippen LogP contribution is 2.32. The Labute approximate surface area is 165 Å². The van der Waals surface area contributed by atoms with E-state index < -0.39 is 0 Å². The van der Waals surface area contributed by atoms with Crippen molar-refractivity contribution in [3.8, 4) is 5.88 Å². The number of rotatable bonds is 4. The van der Waals surface area contributed by atoms with Crippen LogP contribution in [0, 0.1) is 6.92 Å². The van der Waals surface area contributed by atoms with Crippen LogP contribution in [0.15, 0.2) is 24.5 Å². The maximum absolute atomic E-state index is 13.0. The highest BCUT2D eigenvalue weighted by molar-refractivity contribution is 5.94. The van der Waals surface area contributed by atoms with Gasteiger partial charge in [-0.05, 0) is 38.7 Å². The number of carbonyl (C=O) groups excluding carboxylic acids is 1. The van der Waals surface area contributed by atoms with E-state index >= 15 is 0 Å². The summed E-state index contributed by atoms with van der Waals surface area (Å²) in [5.74, 6) is 2.15.